The Kier molecular flexibility index (Phi) is 2.57. The van der Waals surface area contributed by atoms with Crippen LogP contribution in [0.25, 0.3) is 0 Å². The van der Waals surface area contributed by atoms with E-state index in [1.165, 1.54) is 24.4 Å². The average molecular weight is 303 g/mol. The molecule has 2 aromatic rings. The predicted octanol–water partition coefficient (Wildman–Crippen LogP) is 1.53. The van der Waals surface area contributed by atoms with E-state index in [-0.39, 0.29) is 22.2 Å². The summed E-state index contributed by atoms with van der Waals surface area (Å²) < 4.78 is 60.1. The Labute approximate surface area is 111 Å². The third-order valence-electron chi connectivity index (χ3n) is 2.42. The second-order valence-corrected chi connectivity index (χ2v) is 5.51. The minimum absolute atomic E-state index is 0.0552. The Morgan fingerprint density at radius 2 is 1.95 bits per heavy atom. The normalized spacial score (nSPS) is 16.1. The van der Waals surface area contributed by atoms with Gasteiger partial charge in [0.05, 0.1) is 11.9 Å². The number of sulfonamides is 1. The second kappa shape index (κ2) is 4.07. The molecule has 0 radical (unpaired) electrons. The molecule has 1 aliphatic rings. The van der Waals surface area contributed by atoms with Gasteiger partial charge in [0.15, 0.2) is 16.5 Å². The molecule has 0 aliphatic carbocycles. The summed E-state index contributed by atoms with van der Waals surface area (Å²) in [7, 11) is -3.87. The van der Waals surface area contributed by atoms with Gasteiger partial charge in [0.25, 0.3) is 10.0 Å². The van der Waals surface area contributed by atoms with Crippen LogP contribution in [0.15, 0.2) is 35.5 Å². The molecular formula is C10H7F2N3O4S. The highest BCUT2D eigenvalue weighted by molar-refractivity contribution is 7.92. The number of nitrogens with zero attached hydrogens (tertiary/aromatic N) is 1. The lowest BCUT2D eigenvalue weighted by molar-refractivity contribution is -0.286. The molecule has 0 saturated heterocycles. The molecule has 0 unspecified atom stereocenters. The van der Waals surface area contributed by atoms with E-state index in [1.807, 2.05) is 0 Å². The van der Waals surface area contributed by atoms with Gasteiger partial charge in [-0.3, -0.25) is 9.82 Å². The largest absolute Gasteiger partial charge is 0.586 e. The molecule has 0 amide bonds. The Bertz CT molecular complexity index is 746. The standard InChI is InChI=1S/C10H7F2N3O4S/c11-10(12)18-7-2-1-6(5-8(7)19-10)15-20(16,17)9-3-4-13-14-9/h1-5,15H,(H,13,14). The van der Waals surface area contributed by atoms with E-state index in [0.717, 1.165) is 6.07 Å². The highest BCUT2D eigenvalue weighted by Crippen LogP contribution is 2.42. The summed E-state index contributed by atoms with van der Waals surface area (Å²) in [6.45, 7) is 0. The maximum atomic E-state index is 12.8. The van der Waals surface area contributed by atoms with Crippen molar-refractivity contribution in [2.75, 3.05) is 4.72 Å². The molecule has 0 bridgehead atoms. The summed E-state index contributed by atoms with van der Waals surface area (Å²) in [4.78, 5) is 0. The second-order valence-electron chi connectivity index (χ2n) is 3.86. The van der Waals surface area contributed by atoms with E-state index in [0.29, 0.717) is 0 Å². The summed E-state index contributed by atoms with van der Waals surface area (Å²) >= 11 is 0. The lowest BCUT2D eigenvalue weighted by Crippen LogP contribution is -2.25. The molecule has 0 spiro atoms. The number of H-pyrrole nitrogens is 1. The van der Waals surface area contributed by atoms with Crippen molar-refractivity contribution < 1.29 is 26.7 Å². The minimum atomic E-state index is -3.87. The van der Waals surface area contributed by atoms with E-state index < -0.39 is 16.3 Å². The quantitative estimate of drug-likeness (QED) is 0.897. The van der Waals surface area contributed by atoms with Crippen LogP contribution in [-0.4, -0.2) is 24.9 Å². The maximum Gasteiger partial charge on any atom is 0.586 e. The molecule has 0 fully saturated rings. The molecule has 10 heteroatoms. The number of rotatable bonds is 3. The molecule has 2 N–H and O–H groups in total. The van der Waals surface area contributed by atoms with E-state index >= 15 is 0 Å². The highest BCUT2D eigenvalue weighted by Gasteiger charge is 2.43. The summed E-state index contributed by atoms with van der Waals surface area (Å²) in [5.41, 5.74) is 0.0552. The predicted molar refractivity (Wildman–Crippen MR) is 62.0 cm³/mol. The van der Waals surface area contributed by atoms with Gasteiger partial charge in [-0.25, -0.2) is 0 Å². The number of anilines is 1. The van der Waals surface area contributed by atoms with Gasteiger partial charge >= 0.3 is 6.29 Å². The topological polar surface area (TPSA) is 93.3 Å². The molecule has 20 heavy (non-hydrogen) atoms. The highest BCUT2D eigenvalue weighted by atomic mass is 32.2. The van der Waals surface area contributed by atoms with Gasteiger partial charge in [-0.05, 0) is 18.2 Å². The van der Waals surface area contributed by atoms with Gasteiger partial charge in [0.1, 0.15) is 0 Å². The van der Waals surface area contributed by atoms with Crippen molar-refractivity contribution in [2.45, 2.75) is 11.3 Å². The van der Waals surface area contributed by atoms with Gasteiger partial charge in [-0.15, -0.1) is 8.78 Å². The molecule has 1 aromatic carbocycles. The fourth-order valence-corrected chi connectivity index (χ4v) is 2.58. The van der Waals surface area contributed by atoms with Crippen LogP contribution >= 0.6 is 0 Å². The summed E-state index contributed by atoms with van der Waals surface area (Å²) in [6, 6.07) is 4.81. The first-order valence-electron chi connectivity index (χ1n) is 5.28. The molecule has 1 aromatic heterocycles. The van der Waals surface area contributed by atoms with Crippen LogP contribution in [-0.2, 0) is 10.0 Å². The van der Waals surface area contributed by atoms with Crippen LogP contribution in [0.2, 0.25) is 0 Å². The van der Waals surface area contributed by atoms with Crippen molar-refractivity contribution in [3.8, 4) is 11.5 Å². The average Bonchev–Trinajstić information content (AvgIpc) is 2.93. The van der Waals surface area contributed by atoms with Gasteiger partial charge in [0.2, 0.25) is 0 Å². The number of benzene rings is 1. The molecular weight excluding hydrogens is 296 g/mol. The number of hydrogen-bond donors (Lipinski definition) is 2. The van der Waals surface area contributed by atoms with E-state index in [1.54, 1.807) is 0 Å². The summed E-state index contributed by atoms with van der Waals surface area (Å²) in [5.74, 6) is -0.417. The first-order valence-corrected chi connectivity index (χ1v) is 6.76. The molecule has 0 saturated carbocycles. The molecule has 106 valence electrons. The maximum absolute atomic E-state index is 12.8. The lowest BCUT2D eigenvalue weighted by atomic mass is 10.3. The van der Waals surface area contributed by atoms with Crippen molar-refractivity contribution in [2.24, 2.45) is 0 Å². The number of fused-ring (bicyclic) bond motifs is 1. The molecule has 3 rings (SSSR count). The number of aromatic nitrogens is 2. The SMILES string of the molecule is O=S(=O)(Nc1ccc2c(c1)OC(F)(F)O2)c1ccn[nH]1. The van der Waals surface area contributed by atoms with Crippen molar-refractivity contribution >= 4 is 15.7 Å². The number of halogens is 2. The van der Waals surface area contributed by atoms with Gasteiger partial charge in [0, 0.05) is 6.07 Å². The van der Waals surface area contributed by atoms with E-state index in [2.05, 4.69) is 24.4 Å². The van der Waals surface area contributed by atoms with Gasteiger partial charge in [-0.1, -0.05) is 0 Å². The zero-order valence-corrected chi connectivity index (χ0v) is 10.4. The van der Waals surface area contributed by atoms with Gasteiger partial charge < -0.3 is 9.47 Å². The number of aromatic amines is 1. The minimum Gasteiger partial charge on any atom is -0.395 e. The lowest BCUT2D eigenvalue weighted by Gasteiger charge is -2.06. The van der Waals surface area contributed by atoms with Crippen LogP contribution in [0.4, 0.5) is 14.5 Å². The first kappa shape index (κ1) is 12.7. The molecule has 0 atom stereocenters. The number of nitrogens with one attached hydrogen (secondary N) is 2. The fraction of sp³-hybridized carbons (Fsp3) is 0.100. The van der Waals surface area contributed by atoms with Crippen LogP contribution < -0.4 is 14.2 Å². The monoisotopic (exact) mass is 303 g/mol. The van der Waals surface area contributed by atoms with Crippen molar-refractivity contribution in [3.05, 3.63) is 30.5 Å². The van der Waals surface area contributed by atoms with E-state index in [9.17, 15) is 17.2 Å². The third kappa shape index (κ3) is 2.25. The first-order chi connectivity index (χ1) is 9.36. The van der Waals surface area contributed by atoms with Crippen LogP contribution in [0.3, 0.4) is 0 Å². The van der Waals surface area contributed by atoms with Crippen molar-refractivity contribution in [1.29, 1.82) is 0 Å². The number of hydrogen-bond acceptors (Lipinski definition) is 5. The molecule has 2 heterocycles. The van der Waals surface area contributed by atoms with Crippen LogP contribution in [0.1, 0.15) is 0 Å². The third-order valence-corrected chi connectivity index (χ3v) is 3.73. The summed E-state index contributed by atoms with van der Waals surface area (Å²) in [6.07, 6.45) is -2.47. The Morgan fingerprint density at radius 1 is 1.20 bits per heavy atom. The van der Waals surface area contributed by atoms with Crippen molar-refractivity contribution in [1.82, 2.24) is 10.2 Å². The smallest absolute Gasteiger partial charge is 0.395 e. The van der Waals surface area contributed by atoms with E-state index in [4.69, 9.17) is 0 Å². The fourth-order valence-electron chi connectivity index (χ4n) is 1.62. The Morgan fingerprint density at radius 3 is 2.65 bits per heavy atom. The zero-order valence-electron chi connectivity index (χ0n) is 9.63. The van der Waals surface area contributed by atoms with Crippen LogP contribution in [0, 0.1) is 0 Å². The Hall–Kier alpha value is -2.36. The Balaban J connectivity index is 1.88. The molecule has 1 aliphatic heterocycles. The van der Waals surface area contributed by atoms with Gasteiger partial charge in [-0.2, -0.15) is 13.5 Å². The number of ether oxygens (including phenoxy) is 2. The zero-order chi connectivity index (χ0) is 14.4. The molecule has 7 nitrogen and oxygen atoms in total. The van der Waals surface area contributed by atoms with Crippen LogP contribution in [0.5, 0.6) is 11.5 Å². The number of alkyl halides is 2. The summed E-state index contributed by atoms with van der Waals surface area (Å²) in [5, 5.41) is 5.65. The van der Waals surface area contributed by atoms with Crippen molar-refractivity contribution in [3.63, 3.8) is 0 Å².